The molecule has 6 rings (SSSR count). The van der Waals surface area contributed by atoms with Gasteiger partial charge in [0.15, 0.2) is 11.5 Å². The minimum absolute atomic E-state index is 0. The lowest BCUT2D eigenvalue weighted by atomic mass is 9.85. The Bertz CT molecular complexity index is 1370. The Balaban J connectivity index is 0.00000253. The SMILES string of the molecule is C.COc1cc2c(cc1OCc1ccccc1)CCN1Cc3c(c4ccc(F)cc4n3CO)CC21. The second kappa shape index (κ2) is 9.36. The van der Waals surface area contributed by atoms with E-state index in [1.54, 1.807) is 7.11 Å². The Kier molecular flexibility index (Phi) is 6.26. The zero-order valence-electron chi connectivity index (χ0n) is 19.1. The van der Waals surface area contributed by atoms with Crippen molar-refractivity contribution in [3.63, 3.8) is 0 Å². The summed E-state index contributed by atoms with van der Waals surface area (Å²) in [6.07, 6.45) is 1.73. The number of aliphatic hydroxyl groups excluding tert-OH is 1. The molecule has 0 radical (unpaired) electrons. The molecule has 0 saturated heterocycles. The molecule has 1 N–H and O–H groups in total. The first-order valence-corrected chi connectivity index (χ1v) is 11.7. The van der Waals surface area contributed by atoms with Gasteiger partial charge >= 0.3 is 0 Å². The number of fused-ring (bicyclic) bond motifs is 6. The van der Waals surface area contributed by atoms with Gasteiger partial charge in [0.2, 0.25) is 0 Å². The molecule has 0 saturated carbocycles. The van der Waals surface area contributed by atoms with Crippen molar-refractivity contribution in [2.75, 3.05) is 13.7 Å². The van der Waals surface area contributed by atoms with Gasteiger partial charge in [0.1, 0.15) is 19.2 Å². The third-order valence-corrected chi connectivity index (χ3v) is 7.27. The standard InChI is InChI=1S/C28H27FN2O3.CH4/c1-33-27-14-22-19(11-28(27)34-16-18-5-3-2-4-6-18)9-10-30-15-26-23(13-24(22)30)21-8-7-20(29)12-25(21)31(26)17-32;/h2-8,11-12,14,24,32H,9-10,13,15-17H2,1H3;1H4. The van der Waals surface area contributed by atoms with Gasteiger partial charge in [-0.15, -0.1) is 0 Å². The van der Waals surface area contributed by atoms with E-state index in [0.29, 0.717) is 6.61 Å². The molecule has 2 aliphatic heterocycles. The van der Waals surface area contributed by atoms with Crippen LogP contribution in [0.15, 0.2) is 60.7 Å². The van der Waals surface area contributed by atoms with E-state index < -0.39 is 0 Å². The summed E-state index contributed by atoms with van der Waals surface area (Å²) in [5, 5.41) is 11.1. The van der Waals surface area contributed by atoms with Crippen molar-refractivity contribution >= 4 is 10.9 Å². The Morgan fingerprint density at radius 2 is 1.89 bits per heavy atom. The van der Waals surface area contributed by atoms with Gasteiger partial charge in [-0.05, 0) is 65.4 Å². The summed E-state index contributed by atoms with van der Waals surface area (Å²) in [5.41, 5.74) is 6.69. The van der Waals surface area contributed by atoms with Crippen LogP contribution in [0.1, 0.15) is 41.4 Å². The van der Waals surface area contributed by atoms with Crippen LogP contribution in [-0.4, -0.2) is 28.2 Å². The molecule has 2 aliphatic rings. The summed E-state index contributed by atoms with van der Waals surface area (Å²) in [6.45, 7) is 1.99. The molecule has 182 valence electrons. The van der Waals surface area contributed by atoms with Gasteiger partial charge in [-0.1, -0.05) is 37.8 Å². The van der Waals surface area contributed by atoms with Crippen LogP contribution in [0.2, 0.25) is 0 Å². The van der Waals surface area contributed by atoms with Gasteiger partial charge < -0.3 is 19.1 Å². The average molecular weight is 475 g/mol. The lowest BCUT2D eigenvalue weighted by Gasteiger charge is -2.41. The number of aliphatic hydroxyl groups is 1. The summed E-state index contributed by atoms with van der Waals surface area (Å²) in [7, 11) is 1.68. The summed E-state index contributed by atoms with van der Waals surface area (Å²) in [6, 6.07) is 19.5. The van der Waals surface area contributed by atoms with Crippen molar-refractivity contribution in [3.05, 3.63) is 94.4 Å². The minimum atomic E-state index is -0.284. The maximum Gasteiger partial charge on any atom is 0.161 e. The van der Waals surface area contributed by atoms with E-state index in [1.165, 1.54) is 28.8 Å². The fraction of sp³-hybridized carbons (Fsp3) is 0.310. The topological polar surface area (TPSA) is 46.9 Å². The Hall–Kier alpha value is -3.35. The molecular weight excluding hydrogens is 443 g/mol. The smallest absolute Gasteiger partial charge is 0.161 e. The average Bonchev–Trinajstić information content (AvgIpc) is 3.17. The number of methoxy groups -OCH3 is 1. The van der Waals surface area contributed by atoms with Crippen molar-refractivity contribution in [1.82, 2.24) is 9.47 Å². The Morgan fingerprint density at radius 3 is 2.66 bits per heavy atom. The van der Waals surface area contributed by atoms with Crippen molar-refractivity contribution in [1.29, 1.82) is 0 Å². The molecule has 4 aromatic rings. The zero-order valence-corrected chi connectivity index (χ0v) is 19.1. The molecule has 3 heterocycles. The number of hydrogen-bond donors (Lipinski definition) is 1. The first-order chi connectivity index (χ1) is 16.7. The number of hydrogen-bond acceptors (Lipinski definition) is 4. The molecule has 3 aromatic carbocycles. The van der Waals surface area contributed by atoms with Crippen LogP contribution in [0.25, 0.3) is 10.9 Å². The fourth-order valence-corrected chi connectivity index (χ4v) is 5.60. The van der Waals surface area contributed by atoms with Crippen molar-refractivity contribution < 1.29 is 19.0 Å². The van der Waals surface area contributed by atoms with E-state index in [9.17, 15) is 9.50 Å². The highest BCUT2D eigenvalue weighted by atomic mass is 19.1. The third-order valence-electron chi connectivity index (χ3n) is 7.27. The molecule has 0 fully saturated rings. The molecule has 35 heavy (non-hydrogen) atoms. The van der Waals surface area contributed by atoms with Gasteiger partial charge in [0.05, 0.1) is 12.6 Å². The molecular formula is C29H31FN2O3. The number of halogens is 1. The van der Waals surface area contributed by atoms with Crippen LogP contribution in [0.5, 0.6) is 11.5 Å². The minimum Gasteiger partial charge on any atom is -0.493 e. The molecule has 5 nitrogen and oxygen atoms in total. The lowest BCUT2D eigenvalue weighted by molar-refractivity contribution is 0.145. The van der Waals surface area contributed by atoms with Gasteiger partial charge in [0, 0.05) is 30.2 Å². The maximum atomic E-state index is 14.0. The number of ether oxygens (including phenoxy) is 2. The van der Waals surface area contributed by atoms with Crippen molar-refractivity contribution in [3.8, 4) is 11.5 Å². The number of rotatable bonds is 5. The molecule has 0 aliphatic carbocycles. The Labute approximate surface area is 205 Å². The van der Waals surface area contributed by atoms with E-state index in [4.69, 9.17) is 9.47 Å². The predicted molar refractivity (Wildman–Crippen MR) is 135 cm³/mol. The van der Waals surface area contributed by atoms with E-state index in [0.717, 1.165) is 59.6 Å². The Morgan fingerprint density at radius 1 is 1.06 bits per heavy atom. The molecule has 0 spiro atoms. The molecule has 0 amide bonds. The first-order valence-electron chi connectivity index (χ1n) is 11.7. The van der Waals surface area contributed by atoms with Gasteiger partial charge in [-0.25, -0.2) is 4.39 Å². The molecule has 1 aromatic heterocycles. The quantitative estimate of drug-likeness (QED) is 0.409. The van der Waals surface area contributed by atoms with E-state index >= 15 is 0 Å². The molecule has 0 bridgehead atoms. The second-order valence-corrected chi connectivity index (χ2v) is 9.07. The van der Waals surface area contributed by atoms with Crippen LogP contribution >= 0.6 is 0 Å². The highest BCUT2D eigenvalue weighted by Crippen LogP contribution is 2.44. The van der Waals surface area contributed by atoms with Crippen LogP contribution in [0.4, 0.5) is 4.39 Å². The van der Waals surface area contributed by atoms with Crippen LogP contribution in [0, 0.1) is 5.82 Å². The molecule has 6 heteroatoms. The number of nitrogens with zero attached hydrogens (tertiary/aromatic N) is 2. The number of benzene rings is 3. The third kappa shape index (κ3) is 3.97. The van der Waals surface area contributed by atoms with E-state index in [1.807, 2.05) is 28.8 Å². The maximum absolute atomic E-state index is 14.0. The summed E-state index contributed by atoms with van der Waals surface area (Å²) < 4.78 is 27.7. The van der Waals surface area contributed by atoms with Crippen LogP contribution in [-0.2, 0) is 32.7 Å². The fourth-order valence-electron chi connectivity index (χ4n) is 5.60. The van der Waals surface area contributed by atoms with Gasteiger partial charge in [0.25, 0.3) is 0 Å². The largest absolute Gasteiger partial charge is 0.493 e. The first kappa shape index (κ1) is 23.4. The summed E-state index contributed by atoms with van der Waals surface area (Å²) >= 11 is 0. The second-order valence-electron chi connectivity index (χ2n) is 9.07. The van der Waals surface area contributed by atoms with Crippen LogP contribution < -0.4 is 9.47 Å². The normalized spacial score (nSPS) is 16.7. The summed E-state index contributed by atoms with van der Waals surface area (Å²) in [4.78, 5) is 2.45. The van der Waals surface area contributed by atoms with Gasteiger partial charge in [-0.2, -0.15) is 0 Å². The highest BCUT2D eigenvalue weighted by Gasteiger charge is 2.36. The summed E-state index contributed by atoms with van der Waals surface area (Å²) in [5.74, 6) is 1.22. The zero-order chi connectivity index (χ0) is 23.2. The van der Waals surface area contributed by atoms with E-state index in [-0.39, 0.29) is 26.0 Å². The predicted octanol–water partition coefficient (Wildman–Crippen LogP) is 5.61. The van der Waals surface area contributed by atoms with Crippen molar-refractivity contribution in [2.45, 2.75) is 46.2 Å². The molecule has 1 unspecified atom stereocenters. The molecule has 1 atom stereocenters. The van der Waals surface area contributed by atoms with Gasteiger partial charge in [-0.3, -0.25) is 4.90 Å². The van der Waals surface area contributed by atoms with Crippen molar-refractivity contribution in [2.24, 2.45) is 0 Å². The lowest BCUT2D eigenvalue weighted by Crippen LogP contribution is -2.39. The van der Waals surface area contributed by atoms with Crippen LogP contribution in [0.3, 0.4) is 0 Å². The highest BCUT2D eigenvalue weighted by molar-refractivity contribution is 5.86. The number of aromatic nitrogens is 1. The monoisotopic (exact) mass is 474 g/mol. The van der Waals surface area contributed by atoms with E-state index in [2.05, 4.69) is 29.2 Å².